The number of morpholine rings is 1. The van der Waals surface area contributed by atoms with Gasteiger partial charge in [-0.3, -0.25) is 39.0 Å². The van der Waals surface area contributed by atoms with Gasteiger partial charge in [0.05, 0.1) is 56.4 Å². The maximum absolute atomic E-state index is 15.2. The molecule has 0 aliphatic carbocycles. The number of nitrogens with one attached hydrogen (secondary N) is 3. The lowest BCUT2D eigenvalue weighted by Crippen LogP contribution is -2.54. The van der Waals surface area contributed by atoms with E-state index in [1.54, 1.807) is 5.38 Å². The maximum atomic E-state index is 15.2. The molecule has 2 aromatic carbocycles. The molecule has 20 heteroatoms. The van der Waals surface area contributed by atoms with E-state index < -0.39 is 71.8 Å². The number of fused-ring (bicyclic) bond motifs is 1. The molecule has 6 rings (SSSR count). The molecule has 0 bridgehead atoms. The Balaban J connectivity index is 0.964. The summed E-state index contributed by atoms with van der Waals surface area (Å²) < 4.78 is 57.6. The molecule has 3 N–H and O–H groups in total. The Labute approximate surface area is 322 Å². The number of piperidine rings is 1. The molecule has 0 spiro atoms. The quantitative estimate of drug-likeness (QED) is 0.101. The summed E-state index contributed by atoms with van der Waals surface area (Å²) in [5.74, 6) is -6.53. The fraction of sp³-hybridized carbons (Fsp3) is 0.417. The molecule has 3 aliphatic rings. The van der Waals surface area contributed by atoms with Crippen molar-refractivity contribution < 1.29 is 61.2 Å². The summed E-state index contributed by atoms with van der Waals surface area (Å²) in [4.78, 5) is 81.7. The van der Waals surface area contributed by atoms with Crippen LogP contribution in [-0.2, 0) is 33.4 Å². The number of imide groups is 2. The van der Waals surface area contributed by atoms with Gasteiger partial charge in [-0.25, -0.2) is 9.37 Å². The van der Waals surface area contributed by atoms with Crippen LogP contribution in [0.15, 0.2) is 35.7 Å². The zero-order valence-electron chi connectivity index (χ0n) is 30.1. The third kappa shape index (κ3) is 9.44. The summed E-state index contributed by atoms with van der Waals surface area (Å²) in [6.45, 7) is 2.96. The zero-order chi connectivity index (χ0) is 39.8. The Morgan fingerprint density at radius 1 is 1.04 bits per heavy atom. The molecule has 1 aromatic heterocycles. The molecular weight excluding hydrogens is 762 g/mol. The van der Waals surface area contributed by atoms with Crippen LogP contribution < -0.4 is 30.3 Å². The van der Waals surface area contributed by atoms with Crippen molar-refractivity contribution in [3.05, 3.63) is 58.5 Å². The van der Waals surface area contributed by atoms with E-state index in [-0.39, 0.29) is 68.2 Å². The average Bonchev–Trinajstić information content (AvgIpc) is 3.77. The first-order chi connectivity index (χ1) is 27.0. The molecule has 0 radical (unpaired) electrons. The van der Waals surface area contributed by atoms with Crippen LogP contribution in [0.3, 0.4) is 0 Å². The van der Waals surface area contributed by atoms with Gasteiger partial charge in [0.2, 0.25) is 29.8 Å². The molecule has 2 atom stereocenters. The van der Waals surface area contributed by atoms with Crippen LogP contribution in [0.5, 0.6) is 11.5 Å². The van der Waals surface area contributed by atoms with E-state index >= 15 is 4.39 Å². The van der Waals surface area contributed by atoms with Crippen LogP contribution in [0.2, 0.25) is 0 Å². The third-order valence-electron chi connectivity index (χ3n) is 8.76. The van der Waals surface area contributed by atoms with Crippen LogP contribution in [-0.4, -0.2) is 123 Å². The molecule has 3 aliphatic heterocycles. The molecule has 2 saturated heterocycles. The van der Waals surface area contributed by atoms with Crippen molar-refractivity contribution >= 4 is 51.9 Å². The molecule has 2 fully saturated rings. The Hall–Kier alpha value is -5.57. The van der Waals surface area contributed by atoms with Crippen molar-refractivity contribution in [1.29, 1.82) is 0 Å². The van der Waals surface area contributed by atoms with Crippen molar-refractivity contribution in [3.63, 3.8) is 0 Å². The first kappa shape index (κ1) is 40.1. The zero-order valence-corrected chi connectivity index (χ0v) is 30.9. The summed E-state index contributed by atoms with van der Waals surface area (Å²) >= 11 is 1.34. The van der Waals surface area contributed by atoms with E-state index in [4.69, 9.17) is 23.7 Å². The second kappa shape index (κ2) is 18.4. The van der Waals surface area contributed by atoms with Crippen LogP contribution in [0.4, 0.5) is 13.9 Å². The van der Waals surface area contributed by atoms with Crippen LogP contribution >= 0.6 is 11.3 Å². The summed E-state index contributed by atoms with van der Waals surface area (Å²) in [6.07, 6.45) is -1.28. The Morgan fingerprint density at radius 2 is 1.84 bits per heavy atom. The predicted molar refractivity (Wildman–Crippen MR) is 192 cm³/mol. The average molecular weight is 801 g/mol. The number of nitrogens with zero attached hydrogens (tertiary/aromatic N) is 3. The molecule has 2 unspecified atom stereocenters. The molecule has 17 nitrogen and oxygen atoms in total. The van der Waals surface area contributed by atoms with Crippen LogP contribution in [0.1, 0.15) is 40.5 Å². The van der Waals surface area contributed by atoms with Gasteiger partial charge in [0.15, 0.2) is 23.3 Å². The Kier molecular flexibility index (Phi) is 13.2. The number of thiazole rings is 1. The van der Waals surface area contributed by atoms with Gasteiger partial charge in [0, 0.05) is 43.9 Å². The normalized spacial score (nSPS) is 17.4. The Bertz CT molecular complexity index is 1990. The Morgan fingerprint density at radius 3 is 2.61 bits per heavy atom. The van der Waals surface area contributed by atoms with E-state index in [0.717, 1.165) is 11.0 Å². The van der Waals surface area contributed by atoms with E-state index in [1.807, 2.05) is 4.90 Å². The second-order valence-corrected chi connectivity index (χ2v) is 13.4. The minimum Gasteiger partial charge on any atom is -0.483 e. The van der Waals surface area contributed by atoms with Crippen molar-refractivity contribution in [2.24, 2.45) is 0 Å². The molecule has 0 saturated carbocycles. The lowest BCUT2D eigenvalue weighted by Gasteiger charge is -2.27. The van der Waals surface area contributed by atoms with Gasteiger partial charge in [-0.15, -0.1) is 11.3 Å². The van der Waals surface area contributed by atoms with Crippen LogP contribution in [0, 0.1) is 11.6 Å². The topological polar surface area (TPSA) is 204 Å². The van der Waals surface area contributed by atoms with Gasteiger partial charge in [-0.2, -0.15) is 4.39 Å². The van der Waals surface area contributed by atoms with Gasteiger partial charge in [-0.1, -0.05) is 6.07 Å². The number of carbonyl (C=O) groups is 6. The largest absolute Gasteiger partial charge is 0.483 e. The minimum atomic E-state index is -1.25. The van der Waals surface area contributed by atoms with Gasteiger partial charge in [-0.05, 0) is 30.7 Å². The first-order valence-corrected chi connectivity index (χ1v) is 18.5. The van der Waals surface area contributed by atoms with Crippen molar-refractivity contribution in [1.82, 2.24) is 25.8 Å². The lowest BCUT2D eigenvalue weighted by atomic mass is 10.0. The molecule has 6 amide bonds. The minimum absolute atomic E-state index is 0.00421. The van der Waals surface area contributed by atoms with E-state index in [9.17, 15) is 33.2 Å². The predicted octanol–water partition coefficient (Wildman–Crippen LogP) is 1.40. The number of halogens is 2. The summed E-state index contributed by atoms with van der Waals surface area (Å²) in [5, 5.41) is 9.67. The SMILES string of the molecule is CC(=O)NCC(OCCOCCNC(=O)COc1cccc2c1C(=O)N(C1CCC(=O)NC1=O)C2=O)Oc1c(-c2csc(N3CCOCC3)n2)ccc(F)c1F. The van der Waals surface area contributed by atoms with Gasteiger partial charge in [0.25, 0.3) is 17.7 Å². The molecule has 56 heavy (non-hydrogen) atoms. The number of hydrogen-bond acceptors (Lipinski definition) is 14. The van der Waals surface area contributed by atoms with Crippen molar-refractivity contribution in [3.8, 4) is 22.8 Å². The number of ether oxygens (including phenoxy) is 5. The van der Waals surface area contributed by atoms with Crippen molar-refractivity contribution in [2.75, 3.05) is 70.7 Å². The summed E-state index contributed by atoms with van der Waals surface area (Å²) in [5.41, 5.74) is 0.485. The fourth-order valence-corrected chi connectivity index (χ4v) is 6.91. The van der Waals surface area contributed by atoms with Crippen molar-refractivity contribution in [2.45, 2.75) is 32.1 Å². The first-order valence-electron chi connectivity index (χ1n) is 17.6. The highest BCUT2D eigenvalue weighted by Crippen LogP contribution is 2.37. The highest BCUT2D eigenvalue weighted by atomic mass is 32.1. The number of anilines is 1. The summed E-state index contributed by atoms with van der Waals surface area (Å²) in [6, 6.07) is 5.49. The van der Waals surface area contributed by atoms with Gasteiger partial charge >= 0.3 is 0 Å². The number of rotatable bonds is 17. The van der Waals surface area contributed by atoms with E-state index in [2.05, 4.69) is 20.9 Å². The molecule has 4 heterocycles. The number of amides is 6. The van der Waals surface area contributed by atoms with E-state index in [1.165, 1.54) is 42.5 Å². The molecule has 3 aromatic rings. The number of benzene rings is 2. The number of hydrogen-bond donors (Lipinski definition) is 3. The molecular formula is C36H38F2N6O11S. The lowest BCUT2D eigenvalue weighted by molar-refractivity contribution is -0.136. The number of aromatic nitrogens is 1. The molecule has 298 valence electrons. The second-order valence-electron chi connectivity index (χ2n) is 12.6. The van der Waals surface area contributed by atoms with Gasteiger partial charge in [0.1, 0.15) is 11.8 Å². The number of carbonyl (C=O) groups excluding carboxylic acids is 6. The fourth-order valence-electron chi connectivity index (χ4n) is 6.03. The highest BCUT2D eigenvalue weighted by Gasteiger charge is 2.46. The highest BCUT2D eigenvalue weighted by molar-refractivity contribution is 7.14. The smallest absolute Gasteiger partial charge is 0.266 e. The summed E-state index contributed by atoms with van der Waals surface area (Å²) in [7, 11) is 0. The maximum Gasteiger partial charge on any atom is 0.266 e. The standard InChI is InChI=1S/C36H38F2N6O11S/c1-20(45)40-17-29(55-32-21(5-6-23(37)31(32)38)24-19-56-36(41-24)43-10-13-52-14-11-43)53-16-15-51-12-9-39-28(47)18-54-26-4-2-3-22-30(26)35(50)44(34(22)49)25-7-8-27(46)42-33(25)48/h2-6,19,25,29H,7-18H2,1H3,(H,39,47)(H,40,45)(H,42,46,48). The third-order valence-corrected chi connectivity index (χ3v) is 9.66. The van der Waals surface area contributed by atoms with E-state index in [0.29, 0.717) is 37.1 Å². The van der Waals surface area contributed by atoms with Gasteiger partial charge < -0.3 is 39.2 Å². The monoisotopic (exact) mass is 800 g/mol. The van der Waals surface area contributed by atoms with Crippen LogP contribution in [0.25, 0.3) is 11.3 Å².